The summed E-state index contributed by atoms with van der Waals surface area (Å²) in [6.07, 6.45) is 0. The van der Waals surface area contributed by atoms with Gasteiger partial charge in [0.15, 0.2) is 0 Å². The van der Waals surface area contributed by atoms with Crippen LogP contribution in [0.5, 0.6) is 5.75 Å². The van der Waals surface area contributed by atoms with Gasteiger partial charge in [0.05, 0.1) is 5.60 Å². The Kier molecular flexibility index (Phi) is 6.03. The molecule has 0 fully saturated rings. The van der Waals surface area contributed by atoms with Crippen LogP contribution in [0.4, 0.5) is 0 Å². The maximum absolute atomic E-state index is 10.3. The first-order chi connectivity index (χ1) is 9.27. The van der Waals surface area contributed by atoms with Crippen LogP contribution in [0.3, 0.4) is 0 Å². The lowest BCUT2D eigenvalue weighted by Crippen LogP contribution is -2.38. The van der Waals surface area contributed by atoms with Crippen LogP contribution in [-0.4, -0.2) is 23.9 Å². The molecule has 2 N–H and O–H groups in total. The van der Waals surface area contributed by atoms with Crippen molar-refractivity contribution in [3.63, 3.8) is 0 Å². The molecule has 1 aromatic rings. The molecule has 1 rings (SSSR count). The van der Waals surface area contributed by atoms with Gasteiger partial charge in [-0.2, -0.15) is 0 Å². The summed E-state index contributed by atoms with van der Waals surface area (Å²) in [5.74, 6) is 1.01. The van der Waals surface area contributed by atoms with Crippen LogP contribution in [0.25, 0.3) is 0 Å². The van der Waals surface area contributed by atoms with Crippen molar-refractivity contribution in [2.45, 2.75) is 53.2 Å². The smallest absolute Gasteiger partial charge is 0.124 e. The Bertz CT molecular complexity index is 427. The van der Waals surface area contributed by atoms with E-state index in [2.05, 4.69) is 32.2 Å². The first-order valence-electron chi connectivity index (χ1n) is 7.47. The first-order valence-corrected chi connectivity index (χ1v) is 7.47. The quantitative estimate of drug-likeness (QED) is 0.803. The van der Waals surface area contributed by atoms with E-state index in [0.717, 1.165) is 17.9 Å². The minimum Gasteiger partial charge on any atom is -0.490 e. The SMILES string of the molecule is CCNC(C)c1cc(C)ccc1OCC(C)(O)C(C)C. The number of nitrogens with one attached hydrogen (secondary N) is 1. The molecule has 3 nitrogen and oxygen atoms in total. The molecule has 1 aromatic carbocycles. The molecule has 0 amide bonds. The number of aliphatic hydroxyl groups is 1. The summed E-state index contributed by atoms with van der Waals surface area (Å²) in [5, 5.41) is 13.7. The highest BCUT2D eigenvalue weighted by atomic mass is 16.5. The zero-order chi connectivity index (χ0) is 15.3. The van der Waals surface area contributed by atoms with Gasteiger partial charge in [-0.25, -0.2) is 0 Å². The molecule has 0 spiro atoms. The third-order valence-corrected chi connectivity index (χ3v) is 3.91. The van der Waals surface area contributed by atoms with E-state index in [0.29, 0.717) is 6.61 Å². The van der Waals surface area contributed by atoms with Gasteiger partial charge in [-0.05, 0) is 39.3 Å². The van der Waals surface area contributed by atoms with Gasteiger partial charge in [0.25, 0.3) is 0 Å². The van der Waals surface area contributed by atoms with Gasteiger partial charge in [-0.3, -0.25) is 0 Å². The van der Waals surface area contributed by atoms with Crippen molar-refractivity contribution in [3.05, 3.63) is 29.3 Å². The third-order valence-electron chi connectivity index (χ3n) is 3.91. The van der Waals surface area contributed by atoms with E-state index < -0.39 is 5.60 Å². The molecule has 0 saturated carbocycles. The topological polar surface area (TPSA) is 41.5 Å². The molecule has 0 heterocycles. The number of aryl methyl sites for hydroxylation is 1. The Balaban J connectivity index is 2.89. The van der Waals surface area contributed by atoms with E-state index in [-0.39, 0.29) is 12.0 Å². The van der Waals surface area contributed by atoms with E-state index in [9.17, 15) is 5.11 Å². The molecule has 2 atom stereocenters. The highest BCUT2D eigenvalue weighted by Gasteiger charge is 2.26. The van der Waals surface area contributed by atoms with Crippen molar-refractivity contribution >= 4 is 0 Å². The molecule has 0 aliphatic heterocycles. The third kappa shape index (κ3) is 4.50. The second-order valence-corrected chi connectivity index (χ2v) is 6.12. The van der Waals surface area contributed by atoms with Gasteiger partial charge in [0.2, 0.25) is 0 Å². The zero-order valence-corrected chi connectivity index (χ0v) is 13.7. The Morgan fingerprint density at radius 2 is 1.95 bits per heavy atom. The monoisotopic (exact) mass is 279 g/mol. The Morgan fingerprint density at radius 1 is 1.30 bits per heavy atom. The Labute approximate surface area is 123 Å². The van der Waals surface area contributed by atoms with Crippen molar-refractivity contribution in [3.8, 4) is 5.75 Å². The summed E-state index contributed by atoms with van der Waals surface area (Å²) >= 11 is 0. The number of benzene rings is 1. The van der Waals surface area contributed by atoms with Crippen molar-refractivity contribution < 1.29 is 9.84 Å². The minimum absolute atomic E-state index is 0.155. The molecule has 0 aliphatic carbocycles. The van der Waals surface area contributed by atoms with Gasteiger partial charge in [-0.1, -0.05) is 38.5 Å². The molecule has 114 valence electrons. The van der Waals surface area contributed by atoms with Crippen LogP contribution >= 0.6 is 0 Å². The average Bonchev–Trinajstić information content (AvgIpc) is 2.37. The lowest BCUT2D eigenvalue weighted by molar-refractivity contribution is -0.0269. The predicted molar refractivity (Wildman–Crippen MR) is 84.2 cm³/mol. The van der Waals surface area contributed by atoms with Crippen molar-refractivity contribution in [1.82, 2.24) is 5.32 Å². The van der Waals surface area contributed by atoms with E-state index in [1.54, 1.807) is 0 Å². The summed E-state index contributed by atoms with van der Waals surface area (Å²) in [6, 6.07) is 6.42. The first kappa shape index (κ1) is 17.0. The van der Waals surface area contributed by atoms with Crippen molar-refractivity contribution in [2.75, 3.05) is 13.2 Å². The largest absolute Gasteiger partial charge is 0.490 e. The summed E-state index contributed by atoms with van der Waals surface area (Å²) in [5.41, 5.74) is 1.54. The highest BCUT2D eigenvalue weighted by Crippen LogP contribution is 2.28. The predicted octanol–water partition coefficient (Wildman–Crippen LogP) is 3.45. The molecule has 0 aliphatic rings. The number of ether oxygens (including phenoxy) is 1. The molecule has 0 aromatic heterocycles. The summed E-state index contributed by atoms with van der Waals surface area (Å²) in [4.78, 5) is 0. The van der Waals surface area contributed by atoms with E-state index in [1.165, 1.54) is 5.56 Å². The lowest BCUT2D eigenvalue weighted by atomic mass is 9.93. The molecule has 3 heteroatoms. The molecular weight excluding hydrogens is 250 g/mol. The van der Waals surface area contributed by atoms with Gasteiger partial charge in [0, 0.05) is 11.6 Å². The van der Waals surface area contributed by atoms with E-state index in [1.807, 2.05) is 32.9 Å². The van der Waals surface area contributed by atoms with Crippen LogP contribution in [0.2, 0.25) is 0 Å². The van der Waals surface area contributed by atoms with Gasteiger partial charge >= 0.3 is 0 Å². The number of rotatable bonds is 7. The number of hydrogen-bond acceptors (Lipinski definition) is 3. The average molecular weight is 279 g/mol. The van der Waals surface area contributed by atoms with Crippen LogP contribution in [0.15, 0.2) is 18.2 Å². The van der Waals surface area contributed by atoms with Crippen LogP contribution in [0.1, 0.15) is 51.8 Å². The molecule has 0 radical (unpaired) electrons. The summed E-state index contributed by atoms with van der Waals surface area (Å²) in [6.45, 7) is 13.3. The molecule has 20 heavy (non-hydrogen) atoms. The van der Waals surface area contributed by atoms with Crippen LogP contribution in [-0.2, 0) is 0 Å². The zero-order valence-electron chi connectivity index (χ0n) is 13.7. The summed E-state index contributed by atoms with van der Waals surface area (Å²) < 4.78 is 5.90. The number of hydrogen-bond donors (Lipinski definition) is 2. The maximum Gasteiger partial charge on any atom is 0.124 e. The maximum atomic E-state index is 10.3. The Hall–Kier alpha value is -1.06. The highest BCUT2D eigenvalue weighted by molar-refractivity contribution is 5.39. The standard InChI is InChI=1S/C17H29NO2/c1-7-18-14(5)15-10-13(4)8-9-16(15)20-11-17(6,19)12(2)3/h8-10,12,14,18-19H,7,11H2,1-6H3. The van der Waals surface area contributed by atoms with Gasteiger partial charge in [-0.15, -0.1) is 0 Å². The van der Waals surface area contributed by atoms with Gasteiger partial charge < -0.3 is 15.2 Å². The fourth-order valence-electron chi connectivity index (χ4n) is 1.94. The van der Waals surface area contributed by atoms with Gasteiger partial charge in [0.1, 0.15) is 12.4 Å². The molecule has 2 unspecified atom stereocenters. The fraction of sp³-hybridized carbons (Fsp3) is 0.647. The van der Waals surface area contributed by atoms with Crippen molar-refractivity contribution in [1.29, 1.82) is 0 Å². The molecule has 0 saturated heterocycles. The van der Waals surface area contributed by atoms with E-state index in [4.69, 9.17) is 4.74 Å². The van der Waals surface area contributed by atoms with E-state index >= 15 is 0 Å². The van der Waals surface area contributed by atoms with Crippen molar-refractivity contribution in [2.24, 2.45) is 5.92 Å². The van der Waals surface area contributed by atoms with Crippen LogP contribution < -0.4 is 10.1 Å². The molecule has 0 bridgehead atoms. The fourth-order valence-corrected chi connectivity index (χ4v) is 1.94. The van der Waals surface area contributed by atoms with Crippen LogP contribution in [0, 0.1) is 12.8 Å². The minimum atomic E-state index is -0.816. The molecular formula is C17H29NO2. The Morgan fingerprint density at radius 3 is 2.50 bits per heavy atom. The lowest BCUT2D eigenvalue weighted by Gasteiger charge is -2.28. The second kappa shape index (κ2) is 7.09. The summed E-state index contributed by atoms with van der Waals surface area (Å²) in [7, 11) is 0. The normalized spacial score (nSPS) is 16.0. The second-order valence-electron chi connectivity index (χ2n) is 6.12.